The molecule has 1 aromatic heterocycles. The largest absolute Gasteiger partial charge is 0.366 e. The van der Waals surface area contributed by atoms with E-state index in [1.807, 2.05) is 0 Å². The normalized spacial score (nSPS) is 10.5. The maximum atomic E-state index is 10.8. The van der Waals surface area contributed by atoms with E-state index >= 15 is 0 Å². The third-order valence-corrected chi connectivity index (χ3v) is 1.76. The number of aromatic nitrogens is 3. The number of carbonyl (C=O) groups is 1. The van der Waals surface area contributed by atoms with Crippen LogP contribution in [0.25, 0.3) is 11.0 Å². The summed E-state index contributed by atoms with van der Waals surface area (Å²) in [5, 5.41) is 8.12. The first-order valence-corrected chi connectivity index (χ1v) is 3.78. The van der Waals surface area contributed by atoms with Crippen molar-refractivity contribution in [3.05, 3.63) is 23.8 Å². The molecule has 0 bridgehead atoms. The van der Waals surface area contributed by atoms with E-state index in [-0.39, 0.29) is 0 Å². The molecular formula is C8H8N4O. The van der Waals surface area contributed by atoms with Crippen molar-refractivity contribution in [1.29, 1.82) is 0 Å². The molecule has 0 saturated carbocycles. The van der Waals surface area contributed by atoms with Gasteiger partial charge in [-0.1, -0.05) is 0 Å². The molecule has 1 amide bonds. The van der Waals surface area contributed by atoms with Crippen LogP contribution in [-0.4, -0.2) is 20.9 Å². The van der Waals surface area contributed by atoms with Crippen molar-refractivity contribution in [2.75, 3.05) is 0 Å². The Morgan fingerprint density at radius 3 is 2.77 bits per heavy atom. The lowest BCUT2D eigenvalue weighted by atomic mass is 10.2. The van der Waals surface area contributed by atoms with Gasteiger partial charge in [0.1, 0.15) is 11.0 Å². The summed E-state index contributed by atoms with van der Waals surface area (Å²) in [5.41, 5.74) is 7.01. The highest BCUT2D eigenvalue weighted by Gasteiger charge is 2.04. The van der Waals surface area contributed by atoms with Crippen molar-refractivity contribution in [3.63, 3.8) is 0 Å². The van der Waals surface area contributed by atoms with Crippen LogP contribution in [-0.2, 0) is 7.05 Å². The summed E-state index contributed by atoms with van der Waals surface area (Å²) in [6.07, 6.45) is 0. The van der Waals surface area contributed by atoms with E-state index in [2.05, 4.69) is 10.2 Å². The fourth-order valence-electron chi connectivity index (χ4n) is 1.18. The lowest BCUT2D eigenvalue weighted by molar-refractivity contribution is 0.100. The summed E-state index contributed by atoms with van der Waals surface area (Å²) in [5.74, 6) is -0.451. The Hall–Kier alpha value is -1.91. The minimum absolute atomic E-state index is 0.451. The van der Waals surface area contributed by atoms with Crippen molar-refractivity contribution in [2.24, 2.45) is 12.8 Å². The Morgan fingerprint density at radius 1 is 1.38 bits per heavy atom. The Morgan fingerprint density at radius 2 is 2.08 bits per heavy atom. The minimum atomic E-state index is -0.451. The van der Waals surface area contributed by atoms with Gasteiger partial charge in [-0.3, -0.25) is 4.79 Å². The first kappa shape index (κ1) is 7.72. The molecule has 5 nitrogen and oxygen atoms in total. The van der Waals surface area contributed by atoms with Crippen LogP contribution in [0.3, 0.4) is 0 Å². The number of benzene rings is 1. The number of aryl methyl sites for hydroxylation is 1. The first-order chi connectivity index (χ1) is 6.16. The molecule has 1 heterocycles. The molecule has 5 heteroatoms. The van der Waals surface area contributed by atoms with E-state index in [4.69, 9.17) is 5.73 Å². The summed E-state index contributed by atoms with van der Waals surface area (Å²) in [4.78, 5) is 12.3. The smallest absolute Gasteiger partial charge is 0.248 e. The maximum absolute atomic E-state index is 10.8. The van der Waals surface area contributed by atoms with Gasteiger partial charge in [0.05, 0.1) is 0 Å². The summed E-state index contributed by atoms with van der Waals surface area (Å²) in [6.45, 7) is 0. The fraction of sp³-hybridized carbons (Fsp3) is 0.125. The van der Waals surface area contributed by atoms with Crippen LogP contribution in [0.4, 0.5) is 0 Å². The molecular weight excluding hydrogens is 168 g/mol. The average Bonchev–Trinajstić information content (AvgIpc) is 2.42. The van der Waals surface area contributed by atoms with Gasteiger partial charge in [0.25, 0.3) is 0 Å². The molecule has 13 heavy (non-hydrogen) atoms. The van der Waals surface area contributed by atoms with Crippen LogP contribution in [0, 0.1) is 0 Å². The number of fused-ring (bicyclic) bond motifs is 1. The fourth-order valence-corrected chi connectivity index (χ4v) is 1.18. The van der Waals surface area contributed by atoms with Crippen molar-refractivity contribution in [3.8, 4) is 0 Å². The highest BCUT2D eigenvalue weighted by atomic mass is 16.1. The zero-order chi connectivity index (χ0) is 9.42. The second-order valence-corrected chi connectivity index (χ2v) is 2.76. The quantitative estimate of drug-likeness (QED) is 0.668. The minimum Gasteiger partial charge on any atom is -0.366 e. The predicted molar refractivity (Wildman–Crippen MR) is 47.0 cm³/mol. The summed E-state index contributed by atoms with van der Waals surface area (Å²) < 4.78 is 0. The number of nitrogens with zero attached hydrogens (tertiary/aromatic N) is 3. The topological polar surface area (TPSA) is 73.8 Å². The molecule has 0 unspecified atom stereocenters. The van der Waals surface area contributed by atoms with Gasteiger partial charge >= 0.3 is 0 Å². The van der Waals surface area contributed by atoms with Crippen LogP contribution >= 0.6 is 0 Å². The molecule has 0 aliphatic carbocycles. The van der Waals surface area contributed by atoms with Gasteiger partial charge in [-0.25, -0.2) is 0 Å². The number of hydrogen-bond donors (Lipinski definition) is 1. The lowest BCUT2D eigenvalue weighted by Crippen LogP contribution is -2.10. The van der Waals surface area contributed by atoms with Crippen molar-refractivity contribution >= 4 is 16.9 Å². The van der Waals surface area contributed by atoms with Crippen LogP contribution in [0.15, 0.2) is 18.2 Å². The lowest BCUT2D eigenvalue weighted by Gasteiger charge is -1.91. The summed E-state index contributed by atoms with van der Waals surface area (Å²) in [6, 6.07) is 4.99. The van der Waals surface area contributed by atoms with Crippen LogP contribution in [0.1, 0.15) is 10.4 Å². The second kappa shape index (κ2) is 2.55. The number of nitrogens with two attached hydrogens (primary N) is 1. The Bertz CT molecular complexity index is 474. The number of hydrogen-bond acceptors (Lipinski definition) is 3. The van der Waals surface area contributed by atoms with Crippen LogP contribution in [0.5, 0.6) is 0 Å². The SMILES string of the molecule is Cn1nc2ccc(C(N)=O)cc2n1. The van der Waals surface area contributed by atoms with Gasteiger partial charge in [-0.2, -0.15) is 15.0 Å². The van der Waals surface area contributed by atoms with E-state index in [1.54, 1.807) is 25.2 Å². The monoisotopic (exact) mass is 176 g/mol. The van der Waals surface area contributed by atoms with Crippen molar-refractivity contribution in [2.45, 2.75) is 0 Å². The van der Waals surface area contributed by atoms with Gasteiger partial charge in [-0.05, 0) is 18.2 Å². The molecule has 66 valence electrons. The highest BCUT2D eigenvalue weighted by molar-refractivity contribution is 5.95. The average molecular weight is 176 g/mol. The van der Waals surface area contributed by atoms with E-state index < -0.39 is 5.91 Å². The van der Waals surface area contributed by atoms with Gasteiger partial charge in [-0.15, -0.1) is 0 Å². The second-order valence-electron chi connectivity index (χ2n) is 2.76. The summed E-state index contributed by atoms with van der Waals surface area (Å²) in [7, 11) is 1.73. The maximum Gasteiger partial charge on any atom is 0.248 e. The van der Waals surface area contributed by atoms with Crippen LogP contribution < -0.4 is 5.73 Å². The highest BCUT2D eigenvalue weighted by Crippen LogP contribution is 2.10. The molecule has 0 fully saturated rings. The Balaban J connectivity index is 2.67. The molecule has 2 rings (SSSR count). The molecule has 0 aliphatic rings. The number of rotatable bonds is 1. The Kier molecular flexibility index (Phi) is 1.51. The van der Waals surface area contributed by atoms with Crippen LogP contribution in [0.2, 0.25) is 0 Å². The summed E-state index contributed by atoms with van der Waals surface area (Å²) >= 11 is 0. The van der Waals surface area contributed by atoms with E-state index in [1.165, 1.54) is 4.80 Å². The standard InChI is InChI=1S/C8H8N4O/c1-12-10-6-3-2-5(8(9)13)4-7(6)11-12/h2-4H,1H3,(H2,9,13). The Labute approximate surface area is 74.1 Å². The third-order valence-electron chi connectivity index (χ3n) is 1.76. The molecule has 0 saturated heterocycles. The third kappa shape index (κ3) is 1.24. The number of primary amides is 1. The molecule has 1 aromatic carbocycles. The van der Waals surface area contributed by atoms with E-state index in [0.717, 1.165) is 5.52 Å². The van der Waals surface area contributed by atoms with Crippen molar-refractivity contribution < 1.29 is 4.79 Å². The zero-order valence-electron chi connectivity index (χ0n) is 7.06. The molecule has 0 aliphatic heterocycles. The molecule has 2 aromatic rings. The predicted octanol–water partition coefficient (Wildman–Crippen LogP) is 0.0672. The molecule has 0 atom stereocenters. The van der Waals surface area contributed by atoms with Gasteiger partial charge in [0.2, 0.25) is 5.91 Å². The molecule has 0 radical (unpaired) electrons. The van der Waals surface area contributed by atoms with E-state index in [0.29, 0.717) is 11.1 Å². The van der Waals surface area contributed by atoms with Gasteiger partial charge in [0.15, 0.2) is 0 Å². The van der Waals surface area contributed by atoms with Crippen molar-refractivity contribution in [1.82, 2.24) is 15.0 Å². The van der Waals surface area contributed by atoms with Gasteiger partial charge < -0.3 is 5.73 Å². The molecule has 0 spiro atoms. The molecule has 2 N–H and O–H groups in total. The van der Waals surface area contributed by atoms with E-state index in [9.17, 15) is 4.79 Å². The first-order valence-electron chi connectivity index (χ1n) is 3.78. The zero-order valence-corrected chi connectivity index (χ0v) is 7.06. The van der Waals surface area contributed by atoms with Gasteiger partial charge in [0, 0.05) is 12.6 Å². The number of carbonyl (C=O) groups excluding carboxylic acids is 1. The number of amides is 1.